The summed E-state index contributed by atoms with van der Waals surface area (Å²) in [6.45, 7) is 3.76. The van der Waals surface area contributed by atoms with Crippen LogP contribution in [0.2, 0.25) is 0 Å². The topological polar surface area (TPSA) is 21.3 Å². The summed E-state index contributed by atoms with van der Waals surface area (Å²) in [5.41, 5.74) is -0.626. The van der Waals surface area contributed by atoms with Crippen molar-refractivity contribution < 1.29 is 13.5 Å². The van der Waals surface area contributed by atoms with Gasteiger partial charge in [0.1, 0.15) is 11.6 Å². The zero-order valence-electron chi connectivity index (χ0n) is 10.7. The molecular formula is C13H19F2NO. The average Bonchev–Trinajstić information content (AvgIpc) is 2.33. The normalized spacial score (nSPS) is 16.6. The first-order valence-corrected chi connectivity index (χ1v) is 5.66. The molecule has 0 fully saturated rings. The van der Waals surface area contributed by atoms with Crippen molar-refractivity contribution in [2.24, 2.45) is 0 Å². The van der Waals surface area contributed by atoms with Crippen LogP contribution in [0.4, 0.5) is 8.78 Å². The fraction of sp³-hybridized carbons (Fsp3) is 0.538. The molecule has 1 rings (SSSR count). The summed E-state index contributed by atoms with van der Waals surface area (Å²) >= 11 is 0. The van der Waals surface area contributed by atoms with Gasteiger partial charge in [-0.2, -0.15) is 0 Å². The van der Waals surface area contributed by atoms with Crippen molar-refractivity contribution in [2.75, 3.05) is 14.2 Å². The molecule has 0 amide bonds. The van der Waals surface area contributed by atoms with Crippen LogP contribution < -0.4 is 5.32 Å². The van der Waals surface area contributed by atoms with E-state index in [-0.39, 0.29) is 5.56 Å². The number of methoxy groups -OCH3 is 1. The Morgan fingerprint density at radius 1 is 1.35 bits per heavy atom. The molecule has 0 aromatic heterocycles. The largest absolute Gasteiger partial charge is 0.377 e. The zero-order valence-corrected chi connectivity index (χ0v) is 10.7. The molecule has 2 atom stereocenters. The number of halogens is 2. The van der Waals surface area contributed by atoms with Crippen molar-refractivity contribution in [3.05, 3.63) is 35.4 Å². The molecule has 1 N–H and O–H groups in total. The first kappa shape index (κ1) is 14.1. The summed E-state index contributed by atoms with van der Waals surface area (Å²) in [7, 11) is 3.22. The van der Waals surface area contributed by atoms with E-state index in [1.165, 1.54) is 18.2 Å². The summed E-state index contributed by atoms with van der Waals surface area (Å²) in [5, 5.41) is 2.94. The number of hydrogen-bond acceptors (Lipinski definition) is 2. The molecule has 0 aliphatic carbocycles. The highest BCUT2D eigenvalue weighted by molar-refractivity contribution is 5.26. The van der Waals surface area contributed by atoms with Gasteiger partial charge in [-0.1, -0.05) is 13.0 Å². The summed E-state index contributed by atoms with van der Waals surface area (Å²) < 4.78 is 32.9. The molecule has 0 radical (unpaired) electrons. The smallest absolute Gasteiger partial charge is 0.131 e. The highest BCUT2D eigenvalue weighted by atomic mass is 19.1. The van der Waals surface area contributed by atoms with Gasteiger partial charge in [0.15, 0.2) is 0 Å². The molecule has 0 saturated heterocycles. The molecule has 1 aromatic rings. The Morgan fingerprint density at radius 3 is 2.24 bits per heavy atom. The van der Waals surface area contributed by atoms with Gasteiger partial charge in [0, 0.05) is 12.7 Å². The van der Waals surface area contributed by atoms with E-state index in [9.17, 15) is 8.78 Å². The summed E-state index contributed by atoms with van der Waals surface area (Å²) in [4.78, 5) is 0. The molecule has 0 heterocycles. The Morgan fingerprint density at radius 2 is 1.88 bits per heavy atom. The highest BCUT2D eigenvalue weighted by Gasteiger charge is 2.36. The maximum Gasteiger partial charge on any atom is 0.131 e. The molecule has 0 aliphatic heterocycles. The molecule has 96 valence electrons. The average molecular weight is 243 g/mol. The van der Waals surface area contributed by atoms with Gasteiger partial charge in [0.25, 0.3) is 0 Å². The minimum Gasteiger partial charge on any atom is -0.377 e. The van der Waals surface area contributed by atoms with Crippen molar-refractivity contribution in [1.29, 1.82) is 0 Å². The lowest BCUT2D eigenvalue weighted by molar-refractivity contribution is -0.0298. The number of likely N-dealkylation sites (N-methyl/N-ethyl adjacent to an activating group) is 1. The second-order valence-electron chi connectivity index (χ2n) is 4.23. The molecular weight excluding hydrogens is 224 g/mol. The first-order chi connectivity index (χ1) is 8.00. The van der Waals surface area contributed by atoms with Gasteiger partial charge in [-0.15, -0.1) is 0 Å². The molecule has 0 spiro atoms. The maximum atomic E-state index is 13.8. The summed E-state index contributed by atoms with van der Waals surface area (Å²) in [6.07, 6.45) is 0.642. The summed E-state index contributed by atoms with van der Waals surface area (Å²) in [5.74, 6) is -1.11. The Labute approximate surface area is 101 Å². The van der Waals surface area contributed by atoms with Crippen LogP contribution in [0.1, 0.15) is 31.9 Å². The quantitative estimate of drug-likeness (QED) is 0.858. The minimum absolute atomic E-state index is 0.0289. The van der Waals surface area contributed by atoms with Gasteiger partial charge in [0.2, 0.25) is 0 Å². The van der Waals surface area contributed by atoms with E-state index < -0.39 is 23.3 Å². The van der Waals surface area contributed by atoms with E-state index in [4.69, 9.17) is 4.74 Å². The number of ether oxygens (including phenoxy) is 1. The van der Waals surface area contributed by atoms with Crippen molar-refractivity contribution in [2.45, 2.75) is 31.9 Å². The van der Waals surface area contributed by atoms with E-state index in [0.29, 0.717) is 6.42 Å². The highest BCUT2D eigenvalue weighted by Crippen LogP contribution is 2.34. The van der Waals surface area contributed by atoms with Gasteiger partial charge < -0.3 is 10.1 Å². The van der Waals surface area contributed by atoms with Crippen LogP contribution in [0.15, 0.2) is 18.2 Å². The first-order valence-electron chi connectivity index (χ1n) is 5.66. The number of nitrogens with one attached hydrogen (secondary N) is 1. The number of benzene rings is 1. The lowest BCUT2D eigenvalue weighted by Crippen LogP contribution is -2.42. The maximum absolute atomic E-state index is 13.8. The van der Waals surface area contributed by atoms with Crippen LogP contribution in [0, 0.1) is 11.6 Å². The van der Waals surface area contributed by atoms with Crippen molar-refractivity contribution in [1.82, 2.24) is 5.32 Å². The predicted octanol–water partition coefficient (Wildman–Crippen LogP) is 3.04. The lowest BCUT2D eigenvalue weighted by Gasteiger charge is -2.36. The molecule has 4 heteroatoms. The summed E-state index contributed by atoms with van der Waals surface area (Å²) in [6, 6.07) is 3.35. The number of hydrogen-bond donors (Lipinski definition) is 1. The SMILES string of the molecule is CCC(C)(OC)C(NC)c1c(F)cccc1F. The van der Waals surface area contributed by atoms with Crippen LogP contribution in [0.25, 0.3) is 0 Å². The monoisotopic (exact) mass is 243 g/mol. The van der Waals surface area contributed by atoms with E-state index in [1.54, 1.807) is 14.2 Å². The Hall–Kier alpha value is -1.00. The van der Waals surface area contributed by atoms with Gasteiger partial charge >= 0.3 is 0 Å². The second-order valence-corrected chi connectivity index (χ2v) is 4.23. The molecule has 0 aliphatic rings. The van der Waals surface area contributed by atoms with Crippen molar-refractivity contribution >= 4 is 0 Å². The lowest BCUT2D eigenvalue weighted by atomic mass is 9.87. The molecule has 2 unspecified atom stereocenters. The fourth-order valence-electron chi connectivity index (χ4n) is 2.01. The fourth-order valence-corrected chi connectivity index (χ4v) is 2.01. The van der Waals surface area contributed by atoms with Crippen LogP contribution in [-0.4, -0.2) is 19.8 Å². The third-order valence-corrected chi connectivity index (χ3v) is 3.36. The van der Waals surface area contributed by atoms with E-state index in [2.05, 4.69) is 5.32 Å². The molecule has 0 saturated carbocycles. The van der Waals surface area contributed by atoms with Crippen LogP contribution >= 0.6 is 0 Å². The number of rotatable bonds is 5. The molecule has 2 nitrogen and oxygen atoms in total. The molecule has 1 aromatic carbocycles. The van der Waals surface area contributed by atoms with Gasteiger partial charge in [-0.3, -0.25) is 0 Å². The van der Waals surface area contributed by atoms with Gasteiger partial charge in [0.05, 0.1) is 11.6 Å². The van der Waals surface area contributed by atoms with Crippen LogP contribution in [0.3, 0.4) is 0 Å². The minimum atomic E-state index is -0.655. The van der Waals surface area contributed by atoms with E-state index in [1.807, 2.05) is 13.8 Å². The zero-order chi connectivity index (χ0) is 13.1. The Kier molecular flexibility index (Phi) is 4.60. The van der Waals surface area contributed by atoms with E-state index >= 15 is 0 Å². The van der Waals surface area contributed by atoms with Crippen LogP contribution in [-0.2, 0) is 4.74 Å². The third kappa shape index (κ3) is 2.64. The molecule has 17 heavy (non-hydrogen) atoms. The second kappa shape index (κ2) is 5.56. The Balaban J connectivity index is 3.27. The third-order valence-electron chi connectivity index (χ3n) is 3.36. The van der Waals surface area contributed by atoms with Crippen LogP contribution in [0.5, 0.6) is 0 Å². The van der Waals surface area contributed by atoms with E-state index in [0.717, 1.165) is 0 Å². The van der Waals surface area contributed by atoms with Crippen molar-refractivity contribution in [3.8, 4) is 0 Å². The predicted molar refractivity (Wildman–Crippen MR) is 63.9 cm³/mol. The van der Waals surface area contributed by atoms with Gasteiger partial charge in [-0.05, 0) is 32.5 Å². The van der Waals surface area contributed by atoms with Gasteiger partial charge in [-0.25, -0.2) is 8.78 Å². The molecule has 0 bridgehead atoms. The Bertz CT molecular complexity index is 357. The standard InChI is InChI=1S/C13H19F2NO/c1-5-13(2,17-4)12(16-3)11-9(14)7-6-8-10(11)15/h6-8,12,16H,5H2,1-4H3. The van der Waals surface area contributed by atoms with Crippen molar-refractivity contribution in [3.63, 3.8) is 0 Å².